The van der Waals surface area contributed by atoms with Gasteiger partial charge in [-0.3, -0.25) is 9.78 Å². The number of hydrogen-bond donors (Lipinski definition) is 1. The Morgan fingerprint density at radius 1 is 1.11 bits per heavy atom. The van der Waals surface area contributed by atoms with Crippen LogP contribution in [0.5, 0.6) is 5.75 Å². The van der Waals surface area contributed by atoms with E-state index in [-0.39, 0.29) is 18.6 Å². The van der Waals surface area contributed by atoms with Gasteiger partial charge in [-0.15, -0.1) is 0 Å². The zero-order valence-corrected chi connectivity index (χ0v) is 21.5. The van der Waals surface area contributed by atoms with E-state index in [0.29, 0.717) is 28.8 Å². The first-order chi connectivity index (χ1) is 17.5. The van der Waals surface area contributed by atoms with Gasteiger partial charge >= 0.3 is 0 Å². The zero-order chi connectivity index (χ0) is 25.1. The second kappa shape index (κ2) is 10.7. The van der Waals surface area contributed by atoms with Crippen molar-refractivity contribution in [1.82, 2.24) is 9.88 Å². The largest absolute Gasteiger partial charge is 0.489 e. The summed E-state index contributed by atoms with van der Waals surface area (Å²) in [6.45, 7) is 5.86. The summed E-state index contributed by atoms with van der Waals surface area (Å²) in [5.41, 5.74) is 1.81. The third-order valence-corrected chi connectivity index (χ3v) is 7.27. The highest BCUT2D eigenvalue weighted by Gasteiger charge is 2.51. The Labute approximate surface area is 220 Å². The van der Waals surface area contributed by atoms with E-state index in [1.54, 1.807) is 19.1 Å². The Balaban J connectivity index is 1.34. The summed E-state index contributed by atoms with van der Waals surface area (Å²) < 4.78 is 20.7. The number of halogens is 2. The minimum Gasteiger partial charge on any atom is -0.489 e. The summed E-state index contributed by atoms with van der Waals surface area (Å²) in [4.78, 5) is 18.8. The minimum absolute atomic E-state index is 0.126. The average molecular weight is 532 g/mol. The summed E-state index contributed by atoms with van der Waals surface area (Å²) in [6, 6.07) is 13.0. The fraction of sp³-hybridized carbons (Fsp3) is 0.385. The number of rotatable bonds is 7. The van der Waals surface area contributed by atoms with Crippen LogP contribution in [-0.4, -0.2) is 61.8 Å². The highest BCUT2D eigenvalue weighted by molar-refractivity contribution is 6.35. The first-order valence-electron chi connectivity index (χ1n) is 12.0. The van der Waals surface area contributed by atoms with Crippen LogP contribution in [0.15, 0.2) is 61.2 Å². The van der Waals surface area contributed by atoms with Crippen LogP contribution in [-0.2, 0) is 20.1 Å². The van der Waals surface area contributed by atoms with Crippen LogP contribution in [0.1, 0.15) is 18.5 Å². The quantitative estimate of drug-likeness (QED) is 0.469. The lowest BCUT2D eigenvalue weighted by Crippen LogP contribution is -2.54. The SMILES string of the molecule is CC(=O)N1CCN(c2ccc(OCC([n+]3cc[nH]c3)C3(c4ccc(Cl)cc4Cl)OCCO3)cc2)CC1. The number of benzene rings is 2. The summed E-state index contributed by atoms with van der Waals surface area (Å²) in [5.74, 6) is -0.274. The van der Waals surface area contributed by atoms with Crippen LogP contribution in [0.25, 0.3) is 0 Å². The summed E-state index contributed by atoms with van der Waals surface area (Å²) in [5, 5.41) is 1.02. The number of piperazine rings is 1. The number of carbonyl (C=O) groups excluding carboxylic acids is 1. The first kappa shape index (κ1) is 24.9. The van der Waals surface area contributed by atoms with E-state index in [0.717, 1.165) is 37.6 Å². The number of amides is 1. The lowest BCUT2D eigenvalue weighted by atomic mass is 9.97. The molecule has 1 amide bonds. The van der Waals surface area contributed by atoms with Crippen LogP contribution in [0.2, 0.25) is 10.0 Å². The average Bonchev–Trinajstić information content (AvgIpc) is 3.58. The molecule has 2 aliphatic heterocycles. The second-order valence-electron chi connectivity index (χ2n) is 8.86. The topological polar surface area (TPSA) is 70.9 Å². The molecule has 1 atom stereocenters. The molecule has 0 spiro atoms. The molecule has 2 saturated heterocycles. The molecule has 190 valence electrons. The maximum Gasteiger partial charge on any atom is 0.242 e. The number of carbonyl (C=O) groups is 1. The number of hydrogen-bond acceptors (Lipinski definition) is 5. The molecule has 36 heavy (non-hydrogen) atoms. The minimum atomic E-state index is -1.13. The lowest BCUT2D eigenvalue weighted by molar-refractivity contribution is -0.748. The Bertz CT molecular complexity index is 1180. The fourth-order valence-corrected chi connectivity index (χ4v) is 5.36. The van der Waals surface area contributed by atoms with Gasteiger partial charge in [-0.25, -0.2) is 4.57 Å². The number of nitrogens with one attached hydrogen (secondary N) is 1. The molecule has 2 aliphatic rings. The molecular formula is C26H29Cl2N4O4+. The van der Waals surface area contributed by atoms with Crippen molar-refractivity contribution in [2.24, 2.45) is 0 Å². The van der Waals surface area contributed by atoms with Gasteiger partial charge in [-0.1, -0.05) is 29.3 Å². The summed E-state index contributed by atoms with van der Waals surface area (Å²) >= 11 is 12.8. The van der Waals surface area contributed by atoms with E-state index in [1.807, 2.05) is 58.5 Å². The molecule has 0 bridgehead atoms. The summed E-state index contributed by atoms with van der Waals surface area (Å²) in [6.07, 6.45) is 5.59. The Hall–Kier alpha value is -2.78. The molecule has 2 aromatic carbocycles. The van der Waals surface area contributed by atoms with Crippen LogP contribution in [0.4, 0.5) is 5.69 Å². The molecule has 5 rings (SSSR count). The van der Waals surface area contributed by atoms with Crippen LogP contribution in [0, 0.1) is 0 Å². The third kappa shape index (κ3) is 5.04. The fourth-order valence-electron chi connectivity index (χ4n) is 4.82. The molecule has 3 aromatic rings. The number of H-pyrrole nitrogens is 1. The molecule has 0 aliphatic carbocycles. The number of aromatic amines is 1. The molecule has 10 heteroatoms. The number of aromatic nitrogens is 2. The van der Waals surface area contributed by atoms with Gasteiger partial charge in [0.15, 0.2) is 6.04 Å². The number of anilines is 1. The summed E-state index contributed by atoms with van der Waals surface area (Å²) in [7, 11) is 0. The van der Waals surface area contributed by atoms with Crippen molar-refractivity contribution in [2.45, 2.75) is 18.8 Å². The molecule has 0 radical (unpaired) electrons. The van der Waals surface area contributed by atoms with E-state index in [1.165, 1.54) is 0 Å². The van der Waals surface area contributed by atoms with E-state index in [9.17, 15) is 4.79 Å². The van der Waals surface area contributed by atoms with Crippen molar-refractivity contribution in [1.29, 1.82) is 0 Å². The Morgan fingerprint density at radius 3 is 2.44 bits per heavy atom. The highest BCUT2D eigenvalue weighted by Crippen LogP contribution is 2.43. The smallest absolute Gasteiger partial charge is 0.242 e. The van der Waals surface area contributed by atoms with Gasteiger partial charge in [0, 0.05) is 49.4 Å². The molecule has 1 N–H and O–H groups in total. The van der Waals surface area contributed by atoms with Crippen LogP contribution >= 0.6 is 23.2 Å². The van der Waals surface area contributed by atoms with E-state index in [4.69, 9.17) is 37.4 Å². The molecule has 3 heterocycles. The van der Waals surface area contributed by atoms with Gasteiger partial charge in [0.2, 0.25) is 18.0 Å². The maximum absolute atomic E-state index is 11.6. The van der Waals surface area contributed by atoms with Crippen molar-refractivity contribution in [3.63, 3.8) is 0 Å². The van der Waals surface area contributed by atoms with Gasteiger partial charge in [0.05, 0.1) is 18.2 Å². The highest BCUT2D eigenvalue weighted by atomic mass is 35.5. The first-order valence-corrected chi connectivity index (χ1v) is 12.7. The number of imidazole rings is 1. The normalized spacial score (nSPS) is 18.3. The number of nitrogens with zero attached hydrogens (tertiary/aromatic N) is 3. The molecule has 0 saturated carbocycles. The maximum atomic E-state index is 11.6. The van der Waals surface area contributed by atoms with Gasteiger partial charge in [-0.2, -0.15) is 0 Å². The zero-order valence-electron chi connectivity index (χ0n) is 20.0. The lowest BCUT2D eigenvalue weighted by Gasteiger charge is -2.35. The molecule has 8 nitrogen and oxygen atoms in total. The Morgan fingerprint density at radius 2 is 1.83 bits per heavy atom. The monoisotopic (exact) mass is 531 g/mol. The van der Waals surface area contributed by atoms with E-state index < -0.39 is 5.79 Å². The number of ether oxygens (including phenoxy) is 3. The Kier molecular flexibility index (Phi) is 7.39. The van der Waals surface area contributed by atoms with E-state index >= 15 is 0 Å². The van der Waals surface area contributed by atoms with Gasteiger partial charge in [-0.05, 0) is 36.4 Å². The van der Waals surface area contributed by atoms with Crippen molar-refractivity contribution in [3.8, 4) is 5.75 Å². The van der Waals surface area contributed by atoms with Gasteiger partial charge in [0.25, 0.3) is 0 Å². The third-order valence-electron chi connectivity index (χ3n) is 6.72. The molecular weight excluding hydrogens is 503 g/mol. The van der Waals surface area contributed by atoms with Gasteiger partial charge in [0.1, 0.15) is 24.8 Å². The van der Waals surface area contributed by atoms with Crippen molar-refractivity contribution in [3.05, 3.63) is 76.8 Å². The molecule has 1 unspecified atom stereocenters. The predicted molar refractivity (Wildman–Crippen MR) is 136 cm³/mol. The standard InChI is InChI=1S/C26H28Cl2N4O4/c1-19(33)30-10-12-31(13-11-30)21-3-5-22(6-4-21)34-17-25(32-9-8-29-18-32)26(35-14-15-36-26)23-7-2-20(27)16-24(23)28/h2-9,16,18,25H,10-15,17H2,1H3/p+1. The predicted octanol–water partition coefficient (Wildman–Crippen LogP) is 3.80. The van der Waals surface area contributed by atoms with Crippen molar-refractivity contribution in [2.75, 3.05) is 50.9 Å². The van der Waals surface area contributed by atoms with Crippen molar-refractivity contribution >= 4 is 34.8 Å². The molecule has 1 aromatic heterocycles. The van der Waals surface area contributed by atoms with Crippen LogP contribution < -0.4 is 14.2 Å². The van der Waals surface area contributed by atoms with Crippen molar-refractivity contribution < 1.29 is 23.6 Å². The second-order valence-corrected chi connectivity index (χ2v) is 9.70. The molecule has 2 fully saturated rings. The van der Waals surface area contributed by atoms with Crippen LogP contribution in [0.3, 0.4) is 0 Å². The van der Waals surface area contributed by atoms with Gasteiger partial charge < -0.3 is 24.0 Å². The van der Waals surface area contributed by atoms with E-state index in [2.05, 4.69) is 9.88 Å².